The number of nitrogens with zero attached hydrogens (tertiary/aromatic N) is 7. The third kappa shape index (κ3) is 5.72. The fraction of sp³-hybridized carbons (Fsp3) is 0.444. The first-order chi connectivity index (χ1) is 22.9. The van der Waals surface area contributed by atoms with Crippen LogP contribution >= 0.6 is 0 Å². The van der Waals surface area contributed by atoms with E-state index in [0.29, 0.717) is 23.8 Å². The summed E-state index contributed by atoms with van der Waals surface area (Å²) in [5, 5.41) is 5.14. The molecule has 0 radical (unpaired) electrons. The number of hydrogen-bond acceptors (Lipinski definition) is 9. The summed E-state index contributed by atoms with van der Waals surface area (Å²) in [5.41, 5.74) is 5.97. The maximum atomic E-state index is 14.1. The van der Waals surface area contributed by atoms with Crippen LogP contribution in [0.25, 0.3) is 27.8 Å². The van der Waals surface area contributed by atoms with E-state index >= 15 is 0 Å². The average molecular weight is 638 g/mol. The molecule has 47 heavy (non-hydrogen) atoms. The topological polar surface area (TPSA) is 99.8 Å². The van der Waals surface area contributed by atoms with Crippen LogP contribution in [-0.2, 0) is 4.74 Å². The van der Waals surface area contributed by atoms with E-state index in [4.69, 9.17) is 19.3 Å². The van der Waals surface area contributed by atoms with Crippen molar-refractivity contribution in [2.75, 3.05) is 38.8 Å². The molecule has 11 nitrogen and oxygen atoms in total. The highest BCUT2D eigenvalue weighted by Crippen LogP contribution is 2.36. The Labute approximate surface area is 274 Å². The Morgan fingerprint density at radius 3 is 2.53 bits per heavy atom. The molecule has 2 aliphatic rings. The molecule has 0 aliphatic carbocycles. The quantitative estimate of drug-likeness (QED) is 0.206. The van der Waals surface area contributed by atoms with E-state index in [-0.39, 0.29) is 29.9 Å². The van der Waals surface area contributed by atoms with E-state index in [2.05, 4.69) is 58.7 Å². The van der Waals surface area contributed by atoms with Gasteiger partial charge in [-0.15, -0.1) is 0 Å². The summed E-state index contributed by atoms with van der Waals surface area (Å²) in [7, 11) is 3.20. The summed E-state index contributed by atoms with van der Waals surface area (Å²) in [4.78, 5) is 28.1. The second-order valence-corrected chi connectivity index (χ2v) is 12.6. The van der Waals surface area contributed by atoms with Crippen LogP contribution in [0, 0.1) is 0 Å². The number of aromatic nitrogens is 5. The molecule has 0 amide bonds. The van der Waals surface area contributed by atoms with Gasteiger partial charge < -0.3 is 19.1 Å². The van der Waals surface area contributed by atoms with Gasteiger partial charge >= 0.3 is 0 Å². The molecule has 0 N–H and O–H groups in total. The smallest absolute Gasteiger partial charge is 0.257 e. The molecule has 11 heteroatoms. The monoisotopic (exact) mass is 637 g/mol. The van der Waals surface area contributed by atoms with E-state index in [9.17, 15) is 4.79 Å². The molecule has 3 aromatic heterocycles. The molecule has 2 aliphatic heterocycles. The van der Waals surface area contributed by atoms with Crippen molar-refractivity contribution in [1.29, 1.82) is 0 Å². The van der Waals surface area contributed by atoms with E-state index in [1.54, 1.807) is 37.2 Å². The van der Waals surface area contributed by atoms with Crippen molar-refractivity contribution < 1.29 is 14.2 Å². The second-order valence-electron chi connectivity index (χ2n) is 12.6. The van der Waals surface area contributed by atoms with Gasteiger partial charge in [0.25, 0.3) is 5.56 Å². The Kier molecular flexibility index (Phi) is 8.59. The first kappa shape index (κ1) is 31.1. The Hall–Kier alpha value is -4.48. The highest BCUT2D eigenvalue weighted by molar-refractivity contribution is 5.89. The molecule has 7 rings (SSSR count). The second kappa shape index (κ2) is 13.0. The van der Waals surface area contributed by atoms with Gasteiger partial charge in [0, 0.05) is 62.3 Å². The highest BCUT2D eigenvalue weighted by Gasteiger charge is 2.36. The van der Waals surface area contributed by atoms with Gasteiger partial charge in [0.2, 0.25) is 0 Å². The zero-order valence-corrected chi connectivity index (χ0v) is 27.8. The molecular formula is C36H43N7O4. The average Bonchev–Trinajstić information content (AvgIpc) is 3.56. The Bertz CT molecular complexity index is 1950. The van der Waals surface area contributed by atoms with E-state index in [1.807, 2.05) is 29.1 Å². The zero-order chi connectivity index (χ0) is 32.7. The third-order valence-electron chi connectivity index (χ3n) is 9.89. The summed E-state index contributed by atoms with van der Waals surface area (Å²) in [5.74, 6) is 1.16. The Morgan fingerprint density at radius 1 is 0.979 bits per heavy atom. The van der Waals surface area contributed by atoms with Crippen LogP contribution in [0.2, 0.25) is 0 Å². The van der Waals surface area contributed by atoms with Gasteiger partial charge in [-0.25, -0.2) is 4.68 Å². The van der Waals surface area contributed by atoms with Gasteiger partial charge in [-0.1, -0.05) is 13.0 Å². The van der Waals surface area contributed by atoms with E-state index in [1.165, 1.54) is 5.56 Å². The number of fused-ring (bicyclic) bond motifs is 2. The van der Waals surface area contributed by atoms with Crippen molar-refractivity contribution in [1.82, 2.24) is 29.2 Å². The van der Waals surface area contributed by atoms with Crippen LogP contribution in [0.15, 0.2) is 65.8 Å². The third-order valence-corrected chi connectivity index (χ3v) is 9.89. The molecule has 2 aromatic carbocycles. The number of benzene rings is 2. The molecule has 0 bridgehead atoms. The summed E-state index contributed by atoms with van der Waals surface area (Å²) >= 11 is 0. The predicted molar refractivity (Wildman–Crippen MR) is 183 cm³/mol. The highest BCUT2D eigenvalue weighted by atomic mass is 16.5. The zero-order valence-electron chi connectivity index (χ0n) is 27.8. The largest absolute Gasteiger partial charge is 0.493 e. The van der Waals surface area contributed by atoms with Gasteiger partial charge in [0.1, 0.15) is 11.7 Å². The van der Waals surface area contributed by atoms with Gasteiger partial charge in [-0.05, 0) is 69.4 Å². The fourth-order valence-corrected chi connectivity index (χ4v) is 7.30. The van der Waals surface area contributed by atoms with Crippen molar-refractivity contribution in [3.8, 4) is 17.2 Å². The number of piperazine rings is 1. The van der Waals surface area contributed by atoms with Crippen molar-refractivity contribution >= 4 is 27.8 Å². The first-order valence-corrected chi connectivity index (χ1v) is 16.6. The molecule has 2 saturated heterocycles. The molecule has 5 aromatic rings. The van der Waals surface area contributed by atoms with Crippen LogP contribution in [0.5, 0.6) is 11.5 Å². The lowest BCUT2D eigenvalue weighted by Crippen LogP contribution is -2.58. The van der Waals surface area contributed by atoms with Crippen LogP contribution < -0.4 is 19.9 Å². The minimum absolute atomic E-state index is 0.128. The number of rotatable bonds is 8. The molecule has 2 fully saturated rings. The van der Waals surface area contributed by atoms with Crippen molar-refractivity contribution in [2.24, 2.45) is 0 Å². The number of hydrogen-bond donors (Lipinski definition) is 0. The minimum Gasteiger partial charge on any atom is -0.493 e. The SMILES string of the molecule is CC[C@@H]1CN(c2cc(=O)n(-c3ccc(OC)c(OC)c3)c3cn(C4CCCCO4)nc23)[C@@H](C)CN1C(C)c1ccc2nccnc2c1. The molecule has 0 spiro atoms. The molecule has 5 heterocycles. The number of anilines is 1. The van der Waals surface area contributed by atoms with E-state index < -0.39 is 0 Å². The summed E-state index contributed by atoms with van der Waals surface area (Å²) in [6.07, 6.45) is 9.26. The number of pyridine rings is 1. The van der Waals surface area contributed by atoms with Gasteiger partial charge in [-0.2, -0.15) is 5.10 Å². The van der Waals surface area contributed by atoms with Crippen molar-refractivity contribution in [3.63, 3.8) is 0 Å². The molecule has 246 valence electrons. The van der Waals surface area contributed by atoms with Crippen LogP contribution in [0.4, 0.5) is 5.69 Å². The summed E-state index contributed by atoms with van der Waals surface area (Å²) in [6.45, 7) is 9.07. The lowest BCUT2D eigenvalue weighted by molar-refractivity contribution is -0.0390. The van der Waals surface area contributed by atoms with Crippen molar-refractivity contribution in [3.05, 3.63) is 77.0 Å². The number of ether oxygens (including phenoxy) is 3. The predicted octanol–water partition coefficient (Wildman–Crippen LogP) is 5.90. The lowest BCUT2D eigenvalue weighted by Gasteiger charge is -2.48. The Morgan fingerprint density at radius 2 is 1.79 bits per heavy atom. The minimum atomic E-state index is -0.164. The standard InChI is InChI=1S/C36H43N7O4/c1-6-26-21-40(23(2)20-41(26)24(3)25-10-12-28-29(17-25)38-15-14-37-28)30-19-34(44)43(27-11-13-32(45-4)33(18-27)46-5)31-22-42(39-36(30)31)35-9-7-8-16-47-35/h10-15,17-19,22-24,26,35H,6-9,16,20-21H2,1-5H3/t23-,24?,26+,35?/m0/s1. The summed E-state index contributed by atoms with van der Waals surface area (Å²) in [6, 6.07) is 14.3. The van der Waals surface area contributed by atoms with Gasteiger partial charge in [0.15, 0.2) is 11.5 Å². The van der Waals surface area contributed by atoms with Crippen LogP contribution in [0.3, 0.4) is 0 Å². The van der Waals surface area contributed by atoms with Crippen LogP contribution in [-0.4, -0.2) is 75.2 Å². The lowest BCUT2D eigenvalue weighted by atomic mass is 9.98. The summed E-state index contributed by atoms with van der Waals surface area (Å²) < 4.78 is 20.8. The molecular weight excluding hydrogens is 594 g/mol. The molecule has 4 atom stereocenters. The molecule has 0 saturated carbocycles. The van der Waals surface area contributed by atoms with Crippen LogP contribution in [0.1, 0.15) is 64.3 Å². The Balaban J connectivity index is 1.28. The number of methoxy groups -OCH3 is 2. The first-order valence-electron chi connectivity index (χ1n) is 16.6. The fourth-order valence-electron chi connectivity index (χ4n) is 7.30. The van der Waals surface area contributed by atoms with E-state index in [0.717, 1.165) is 66.5 Å². The van der Waals surface area contributed by atoms with Gasteiger partial charge in [-0.3, -0.25) is 24.2 Å². The molecule has 2 unspecified atom stereocenters. The maximum Gasteiger partial charge on any atom is 0.257 e. The normalized spacial score (nSPS) is 21.3. The van der Waals surface area contributed by atoms with Gasteiger partial charge in [0.05, 0.1) is 48.3 Å². The maximum absolute atomic E-state index is 14.1. The van der Waals surface area contributed by atoms with Crippen molar-refractivity contribution in [2.45, 2.75) is 70.8 Å².